The van der Waals surface area contributed by atoms with Gasteiger partial charge in [-0.25, -0.2) is 0 Å². The summed E-state index contributed by atoms with van der Waals surface area (Å²) in [6.07, 6.45) is 4.75. The number of benzene rings is 1. The molecule has 2 heterocycles. The molecule has 0 bridgehead atoms. The Hall–Kier alpha value is -1.57. The second-order valence-electron chi connectivity index (χ2n) is 8.54. The van der Waals surface area contributed by atoms with Crippen LogP contribution in [0.15, 0.2) is 24.3 Å². The lowest BCUT2D eigenvalue weighted by atomic mass is 9.99. The van der Waals surface area contributed by atoms with Crippen LogP contribution in [0.3, 0.4) is 0 Å². The largest absolute Gasteiger partial charge is 0.354 e. The van der Waals surface area contributed by atoms with Crippen LogP contribution < -0.4 is 0 Å². The summed E-state index contributed by atoms with van der Waals surface area (Å²) in [7, 11) is 3.21. The fourth-order valence-corrected chi connectivity index (χ4v) is 6.36. The lowest BCUT2D eigenvalue weighted by Gasteiger charge is -2.33. The number of fused-ring (bicyclic) bond motifs is 1. The van der Waals surface area contributed by atoms with Crippen molar-refractivity contribution in [3.05, 3.63) is 35.4 Å². The molecule has 6 nitrogen and oxygen atoms in total. The van der Waals surface area contributed by atoms with Gasteiger partial charge in [-0.2, -0.15) is 0 Å². The zero-order valence-corrected chi connectivity index (χ0v) is 18.7. The quantitative estimate of drug-likeness (QED) is 0.620. The summed E-state index contributed by atoms with van der Waals surface area (Å²) in [5.74, 6) is 2.13. The first-order valence-electron chi connectivity index (χ1n) is 10.9. The number of carbonyl (C=O) groups excluding carboxylic acids is 2. The van der Waals surface area contributed by atoms with Gasteiger partial charge >= 0.3 is 0 Å². The number of amides is 2. The molecule has 0 unspecified atom stereocenters. The van der Waals surface area contributed by atoms with E-state index in [-0.39, 0.29) is 23.9 Å². The van der Waals surface area contributed by atoms with Crippen molar-refractivity contribution >= 4 is 23.6 Å². The molecule has 0 radical (unpaired) electrons. The highest BCUT2D eigenvalue weighted by molar-refractivity contribution is 7.99. The number of hydrogen-bond donors (Lipinski definition) is 0. The fourth-order valence-electron chi connectivity index (χ4n) is 5.16. The Morgan fingerprint density at radius 3 is 2.50 bits per heavy atom. The van der Waals surface area contributed by atoms with E-state index in [0.29, 0.717) is 24.8 Å². The van der Waals surface area contributed by atoms with Gasteiger partial charge in [0.15, 0.2) is 6.29 Å². The lowest BCUT2D eigenvalue weighted by Crippen LogP contribution is -2.53. The number of nitrogens with zero attached hydrogens (tertiary/aromatic N) is 2. The van der Waals surface area contributed by atoms with E-state index in [2.05, 4.69) is 24.3 Å². The molecule has 164 valence electrons. The third-order valence-corrected chi connectivity index (χ3v) is 7.78. The van der Waals surface area contributed by atoms with Gasteiger partial charge < -0.3 is 19.3 Å². The van der Waals surface area contributed by atoms with Crippen molar-refractivity contribution in [3.8, 4) is 0 Å². The standard InChI is InChI=1S/C23H32N2O4S/c1-28-23(29-2)20-14-30-15-25(20)22(27)19-8-5-11-24(19)21(26)10-9-16-12-17-6-3-4-7-18(17)13-16/h3-4,6-7,16,19-20,23H,5,8-15H2,1-2H3/t19-,20-/m0/s1. The number of hydrogen-bond acceptors (Lipinski definition) is 5. The number of ether oxygens (including phenoxy) is 2. The van der Waals surface area contributed by atoms with Crippen molar-refractivity contribution in [1.29, 1.82) is 0 Å². The van der Waals surface area contributed by atoms with Gasteiger partial charge in [0.1, 0.15) is 6.04 Å². The molecule has 2 fully saturated rings. The Labute approximate surface area is 183 Å². The van der Waals surface area contributed by atoms with E-state index in [0.717, 1.165) is 37.9 Å². The van der Waals surface area contributed by atoms with Crippen LogP contribution >= 0.6 is 11.8 Å². The maximum atomic E-state index is 13.3. The molecular weight excluding hydrogens is 400 g/mol. The van der Waals surface area contributed by atoms with E-state index >= 15 is 0 Å². The van der Waals surface area contributed by atoms with Crippen LogP contribution in [0.25, 0.3) is 0 Å². The van der Waals surface area contributed by atoms with Gasteiger partial charge in [-0.15, -0.1) is 11.8 Å². The molecule has 0 aromatic heterocycles. The predicted molar refractivity (Wildman–Crippen MR) is 117 cm³/mol. The lowest BCUT2D eigenvalue weighted by molar-refractivity contribution is -0.160. The van der Waals surface area contributed by atoms with Crippen LogP contribution in [-0.4, -0.2) is 72.4 Å². The third kappa shape index (κ3) is 4.39. The normalized spacial score (nSPS) is 24.1. The average molecular weight is 433 g/mol. The Balaban J connectivity index is 1.34. The van der Waals surface area contributed by atoms with Gasteiger partial charge in [-0.3, -0.25) is 9.59 Å². The summed E-state index contributed by atoms with van der Waals surface area (Å²) < 4.78 is 10.8. The molecule has 0 saturated carbocycles. The number of likely N-dealkylation sites (tertiary alicyclic amines) is 1. The first-order chi connectivity index (χ1) is 14.6. The average Bonchev–Trinajstić information content (AvgIpc) is 3.51. The number of rotatable bonds is 7. The highest BCUT2D eigenvalue weighted by Crippen LogP contribution is 2.32. The van der Waals surface area contributed by atoms with Gasteiger partial charge in [0, 0.05) is 32.9 Å². The van der Waals surface area contributed by atoms with Crippen LogP contribution in [0.1, 0.15) is 36.8 Å². The van der Waals surface area contributed by atoms with Gasteiger partial charge in [0.2, 0.25) is 11.8 Å². The molecular formula is C23H32N2O4S. The zero-order chi connectivity index (χ0) is 21.1. The van der Waals surface area contributed by atoms with E-state index in [1.165, 1.54) is 11.1 Å². The molecule has 2 atom stereocenters. The van der Waals surface area contributed by atoms with Crippen molar-refractivity contribution in [1.82, 2.24) is 9.80 Å². The van der Waals surface area contributed by atoms with Crippen molar-refractivity contribution in [2.45, 2.75) is 56.9 Å². The maximum Gasteiger partial charge on any atom is 0.246 e. The zero-order valence-electron chi connectivity index (χ0n) is 17.9. The van der Waals surface area contributed by atoms with Crippen LogP contribution in [0, 0.1) is 5.92 Å². The second-order valence-corrected chi connectivity index (χ2v) is 9.54. The monoisotopic (exact) mass is 432 g/mol. The fraction of sp³-hybridized carbons (Fsp3) is 0.652. The van der Waals surface area contributed by atoms with Crippen molar-refractivity contribution in [2.75, 3.05) is 32.4 Å². The Morgan fingerprint density at radius 2 is 1.83 bits per heavy atom. The van der Waals surface area contributed by atoms with E-state index < -0.39 is 6.29 Å². The second kappa shape index (κ2) is 9.71. The first-order valence-corrected chi connectivity index (χ1v) is 12.1. The minimum atomic E-state index is -0.432. The van der Waals surface area contributed by atoms with E-state index in [9.17, 15) is 9.59 Å². The molecule has 3 aliphatic rings. The smallest absolute Gasteiger partial charge is 0.246 e. The summed E-state index contributed by atoms with van der Waals surface area (Å²) in [6, 6.07) is 8.14. The topological polar surface area (TPSA) is 59.1 Å². The number of methoxy groups -OCH3 is 2. The van der Waals surface area contributed by atoms with Crippen molar-refractivity contribution in [3.63, 3.8) is 0 Å². The van der Waals surface area contributed by atoms with Crippen LogP contribution in [0.5, 0.6) is 0 Å². The molecule has 1 aromatic carbocycles. The molecule has 2 saturated heterocycles. The summed E-state index contributed by atoms with van der Waals surface area (Å²) >= 11 is 1.71. The molecule has 4 rings (SSSR count). The summed E-state index contributed by atoms with van der Waals surface area (Å²) in [4.78, 5) is 30.0. The van der Waals surface area contributed by atoms with E-state index in [1.807, 2.05) is 9.80 Å². The Morgan fingerprint density at radius 1 is 1.13 bits per heavy atom. The van der Waals surface area contributed by atoms with Gasteiger partial charge in [0.25, 0.3) is 0 Å². The number of thioether (sulfide) groups is 1. The predicted octanol–water partition coefficient (Wildman–Crippen LogP) is 2.69. The third-order valence-electron chi connectivity index (χ3n) is 6.74. The molecule has 2 aliphatic heterocycles. The summed E-state index contributed by atoms with van der Waals surface area (Å²) in [5.41, 5.74) is 2.85. The first kappa shape index (κ1) is 21.7. The minimum absolute atomic E-state index is 0.0446. The molecule has 0 N–H and O–H groups in total. The molecule has 0 spiro atoms. The van der Waals surface area contributed by atoms with Gasteiger partial charge in [-0.1, -0.05) is 24.3 Å². The Kier molecular flexibility index (Phi) is 7.01. The minimum Gasteiger partial charge on any atom is -0.354 e. The van der Waals surface area contributed by atoms with Crippen molar-refractivity contribution in [2.24, 2.45) is 5.92 Å². The molecule has 1 aliphatic carbocycles. The van der Waals surface area contributed by atoms with Crippen LogP contribution in [-0.2, 0) is 31.9 Å². The number of carbonyl (C=O) groups is 2. The van der Waals surface area contributed by atoms with Crippen LogP contribution in [0.2, 0.25) is 0 Å². The SMILES string of the molecule is COC(OC)[C@@H]1CSCN1C(=O)[C@@H]1CCCN1C(=O)CCC1Cc2ccccc2C1. The van der Waals surface area contributed by atoms with Crippen LogP contribution in [0.4, 0.5) is 0 Å². The van der Waals surface area contributed by atoms with E-state index in [4.69, 9.17) is 9.47 Å². The molecule has 1 aromatic rings. The van der Waals surface area contributed by atoms with Gasteiger partial charge in [-0.05, 0) is 49.1 Å². The summed E-state index contributed by atoms with van der Waals surface area (Å²) in [6.45, 7) is 0.684. The summed E-state index contributed by atoms with van der Waals surface area (Å²) in [5, 5.41) is 0. The Bertz CT molecular complexity index is 744. The highest BCUT2D eigenvalue weighted by atomic mass is 32.2. The molecule has 7 heteroatoms. The highest BCUT2D eigenvalue weighted by Gasteiger charge is 2.42. The maximum absolute atomic E-state index is 13.3. The van der Waals surface area contributed by atoms with E-state index in [1.54, 1.807) is 26.0 Å². The van der Waals surface area contributed by atoms with Gasteiger partial charge in [0.05, 0.1) is 11.9 Å². The van der Waals surface area contributed by atoms with Crippen molar-refractivity contribution < 1.29 is 19.1 Å². The molecule has 30 heavy (non-hydrogen) atoms. The molecule has 2 amide bonds.